The van der Waals surface area contributed by atoms with Gasteiger partial charge in [0.15, 0.2) is 5.82 Å². The van der Waals surface area contributed by atoms with Gasteiger partial charge < -0.3 is 24.5 Å². The van der Waals surface area contributed by atoms with Crippen LogP contribution in [0.15, 0.2) is 36.7 Å². The number of imidazole rings is 1. The number of methoxy groups -OCH3 is 1. The zero-order valence-electron chi connectivity index (χ0n) is 20.1. The third-order valence-electron chi connectivity index (χ3n) is 8.39. The van der Waals surface area contributed by atoms with Gasteiger partial charge >= 0.3 is 0 Å². The van der Waals surface area contributed by atoms with Crippen molar-refractivity contribution in [1.29, 1.82) is 0 Å². The normalized spacial score (nSPS) is 23.6. The summed E-state index contributed by atoms with van der Waals surface area (Å²) in [5.41, 5.74) is 10.8. The van der Waals surface area contributed by atoms with E-state index in [9.17, 15) is 4.79 Å². The Labute approximate surface area is 203 Å². The van der Waals surface area contributed by atoms with Crippen LogP contribution in [0.5, 0.6) is 5.75 Å². The molecule has 3 fully saturated rings. The van der Waals surface area contributed by atoms with Crippen molar-refractivity contribution < 1.29 is 9.53 Å². The molecule has 180 valence electrons. The van der Waals surface area contributed by atoms with Gasteiger partial charge in [0.2, 0.25) is 0 Å². The summed E-state index contributed by atoms with van der Waals surface area (Å²) in [7, 11) is 3.67. The SMILES string of the molecule is COc1cc(C(=O)N2C[C@H]3CCC2C3N)cc2nc(-c3cc4ccncc4n3CC3CC3)n(C)c12. The minimum absolute atomic E-state index is 0.0222. The number of aryl methyl sites for hydroxylation is 1. The Balaban J connectivity index is 1.35. The van der Waals surface area contributed by atoms with Gasteiger partial charge in [-0.3, -0.25) is 9.78 Å². The molecular formula is C27H30N6O2. The number of piperidine rings is 1. The van der Waals surface area contributed by atoms with Gasteiger partial charge in [-0.1, -0.05) is 0 Å². The Kier molecular flexibility index (Phi) is 4.52. The summed E-state index contributed by atoms with van der Waals surface area (Å²) in [5, 5.41) is 1.16. The van der Waals surface area contributed by atoms with Crippen LogP contribution in [-0.4, -0.2) is 55.6 Å². The minimum Gasteiger partial charge on any atom is -0.494 e. The Morgan fingerprint density at radius 2 is 2.06 bits per heavy atom. The summed E-state index contributed by atoms with van der Waals surface area (Å²) in [6.45, 7) is 1.71. The van der Waals surface area contributed by atoms with Crippen LogP contribution in [0.3, 0.4) is 0 Å². The molecule has 3 atom stereocenters. The van der Waals surface area contributed by atoms with E-state index in [4.69, 9.17) is 15.5 Å². The van der Waals surface area contributed by atoms with E-state index in [-0.39, 0.29) is 18.0 Å². The fourth-order valence-corrected chi connectivity index (χ4v) is 6.31. The summed E-state index contributed by atoms with van der Waals surface area (Å²) in [4.78, 5) is 24.9. The highest BCUT2D eigenvalue weighted by Gasteiger charge is 2.47. The topological polar surface area (TPSA) is 91.2 Å². The highest BCUT2D eigenvalue weighted by molar-refractivity contribution is 6.00. The smallest absolute Gasteiger partial charge is 0.254 e. The van der Waals surface area contributed by atoms with Crippen molar-refractivity contribution in [2.45, 2.75) is 44.3 Å². The largest absolute Gasteiger partial charge is 0.494 e. The average Bonchev–Trinajstić information content (AvgIpc) is 3.27. The number of nitrogens with zero attached hydrogens (tertiary/aromatic N) is 5. The van der Waals surface area contributed by atoms with E-state index >= 15 is 0 Å². The number of amides is 1. The number of fused-ring (bicyclic) bond motifs is 4. The van der Waals surface area contributed by atoms with Gasteiger partial charge in [0.05, 0.1) is 30.0 Å². The molecule has 2 unspecified atom stereocenters. The second kappa shape index (κ2) is 7.55. The number of aromatic nitrogens is 4. The van der Waals surface area contributed by atoms with Gasteiger partial charge in [0, 0.05) is 49.4 Å². The predicted octanol–water partition coefficient (Wildman–Crippen LogP) is 3.57. The number of hydrogen-bond donors (Lipinski definition) is 1. The summed E-state index contributed by atoms with van der Waals surface area (Å²) < 4.78 is 10.2. The third-order valence-corrected chi connectivity index (χ3v) is 8.39. The maximum atomic E-state index is 13.5. The molecule has 8 nitrogen and oxygen atoms in total. The number of likely N-dealkylation sites (tertiary alicyclic amines) is 1. The molecule has 35 heavy (non-hydrogen) atoms. The molecule has 7 rings (SSSR count). The first kappa shape index (κ1) is 20.9. The fourth-order valence-electron chi connectivity index (χ4n) is 6.31. The Morgan fingerprint density at radius 1 is 1.20 bits per heavy atom. The highest BCUT2D eigenvalue weighted by atomic mass is 16.5. The van der Waals surface area contributed by atoms with Gasteiger partial charge in [0.1, 0.15) is 11.3 Å². The van der Waals surface area contributed by atoms with E-state index in [2.05, 4.69) is 26.3 Å². The Hall–Kier alpha value is -3.39. The Bertz CT molecular complexity index is 1480. The second-order valence-corrected chi connectivity index (χ2v) is 10.5. The van der Waals surface area contributed by atoms with Crippen molar-refractivity contribution in [1.82, 2.24) is 24.0 Å². The second-order valence-electron chi connectivity index (χ2n) is 10.5. The number of carbonyl (C=O) groups is 1. The van der Waals surface area contributed by atoms with Gasteiger partial charge in [-0.2, -0.15) is 0 Å². The summed E-state index contributed by atoms with van der Waals surface area (Å²) >= 11 is 0. The van der Waals surface area contributed by atoms with Crippen LogP contribution in [0.2, 0.25) is 0 Å². The van der Waals surface area contributed by atoms with E-state index in [0.29, 0.717) is 23.1 Å². The molecule has 2 bridgehead atoms. The van der Waals surface area contributed by atoms with Crippen molar-refractivity contribution in [3.63, 3.8) is 0 Å². The van der Waals surface area contributed by atoms with Crippen LogP contribution in [-0.2, 0) is 13.6 Å². The number of ether oxygens (including phenoxy) is 1. The predicted molar refractivity (Wildman–Crippen MR) is 134 cm³/mol. The van der Waals surface area contributed by atoms with Crippen LogP contribution < -0.4 is 10.5 Å². The van der Waals surface area contributed by atoms with Crippen molar-refractivity contribution >= 4 is 27.8 Å². The molecule has 1 saturated heterocycles. The van der Waals surface area contributed by atoms with Crippen LogP contribution in [0.4, 0.5) is 0 Å². The molecule has 0 radical (unpaired) electrons. The van der Waals surface area contributed by atoms with Crippen LogP contribution in [0.1, 0.15) is 36.0 Å². The molecular weight excluding hydrogens is 440 g/mol. The molecule has 2 aliphatic carbocycles. The summed E-state index contributed by atoms with van der Waals surface area (Å²) in [5.74, 6) is 2.67. The highest BCUT2D eigenvalue weighted by Crippen LogP contribution is 2.40. The minimum atomic E-state index is 0.0222. The Morgan fingerprint density at radius 3 is 2.77 bits per heavy atom. The molecule has 1 aliphatic heterocycles. The molecule has 3 aromatic heterocycles. The monoisotopic (exact) mass is 470 g/mol. The first-order valence-corrected chi connectivity index (χ1v) is 12.6. The number of pyridine rings is 1. The van der Waals surface area contributed by atoms with E-state index in [1.807, 2.05) is 36.5 Å². The van der Waals surface area contributed by atoms with E-state index in [1.165, 1.54) is 12.8 Å². The molecule has 1 aromatic carbocycles. The van der Waals surface area contributed by atoms with Gasteiger partial charge in [0.25, 0.3) is 5.91 Å². The number of benzene rings is 1. The lowest BCUT2D eigenvalue weighted by Gasteiger charge is -2.27. The lowest BCUT2D eigenvalue weighted by atomic mass is 10.1. The molecule has 4 aromatic rings. The summed E-state index contributed by atoms with van der Waals surface area (Å²) in [6.07, 6.45) is 8.42. The molecule has 1 amide bonds. The molecule has 8 heteroatoms. The maximum absolute atomic E-state index is 13.5. The molecule has 0 spiro atoms. The summed E-state index contributed by atoms with van der Waals surface area (Å²) in [6, 6.07) is 8.25. The van der Waals surface area contributed by atoms with Crippen LogP contribution in [0, 0.1) is 11.8 Å². The zero-order chi connectivity index (χ0) is 23.8. The standard InChI is InChI=1S/C27H30N6O2/c1-31-25-19(9-18(11-23(25)35-2)27(34)33-14-17-5-6-20(33)24(17)28)30-26(31)21-10-16-7-8-29-12-22(16)32(21)13-15-3-4-15/h7-12,15,17,20,24H,3-6,13-14,28H2,1-2H3/t17-,20?,24?/m1/s1. The van der Waals surface area contributed by atoms with E-state index in [1.54, 1.807) is 7.11 Å². The third kappa shape index (κ3) is 3.12. The fraction of sp³-hybridized carbons (Fsp3) is 0.444. The number of carbonyl (C=O) groups excluding carboxylic acids is 1. The van der Waals surface area contributed by atoms with Crippen molar-refractivity contribution in [2.75, 3.05) is 13.7 Å². The van der Waals surface area contributed by atoms with Crippen molar-refractivity contribution in [3.05, 3.63) is 42.2 Å². The van der Waals surface area contributed by atoms with Gasteiger partial charge in [-0.15, -0.1) is 0 Å². The zero-order valence-corrected chi connectivity index (χ0v) is 20.1. The number of hydrogen-bond acceptors (Lipinski definition) is 5. The molecule has 2 N–H and O–H groups in total. The number of nitrogens with two attached hydrogens (primary N) is 1. The van der Waals surface area contributed by atoms with Gasteiger partial charge in [-0.25, -0.2) is 4.98 Å². The lowest BCUT2D eigenvalue weighted by Crippen LogP contribution is -2.41. The van der Waals surface area contributed by atoms with Gasteiger partial charge in [-0.05, 0) is 61.8 Å². The quantitative estimate of drug-likeness (QED) is 0.482. The van der Waals surface area contributed by atoms with Crippen molar-refractivity contribution in [2.24, 2.45) is 24.6 Å². The van der Waals surface area contributed by atoms with Crippen molar-refractivity contribution in [3.8, 4) is 17.3 Å². The van der Waals surface area contributed by atoms with Crippen LogP contribution in [0.25, 0.3) is 33.5 Å². The lowest BCUT2D eigenvalue weighted by molar-refractivity contribution is 0.0700. The van der Waals surface area contributed by atoms with E-state index < -0.39 is 0 Å². The average molecular weight is 471 g/mol. The molecule has 4 heterocycles. The first-order chi connectivity index (χ1) is 17.0. The maximum Gasteiger partial charge on any atom is 0.254 e. The van der Waals surface area contributed by atoms with E-state index in [0.717, 1.165) is 59.4 Å². The molecule has 3 aliphatic rings. The molecule has 2 saturated carbocycles. The number of rotatable bonds is 5. The first-order valence-electron chi connectivity index (χ1n) is 12.6. The van der Waals surface area contributed by atoms with Crippen LogP contribution >= 0.6 is 0 Å².